The highest BCUT2D eigenvalue weighted by atomic mass is 127. The number of hydrogen-bond acceptors (Lipinski definition) is 4. The molecule has 2 heterocycles. The van der Waals surface area contributed by atoms with Crippen molar-refractivity contribution in [1.29, 1.82) is 0 Å². The van der Waals surface area contributed by atoms with Crippen LogP contribution in [0.3, 0.4) is 0 Å². The molecule has 0 aliphatic heterocycles. The fourth-order valence-corrected chi connectivity index (χ4v) is 4.57. The molecule has 0 fully saturated rings. The number of rotatable bonds is 6. The van der Waals surface area contributed by atoms with Crippen LogP contribution in [-0.4, -0.2) is 15.9 Å². The van der Waals surface area contributed by atoms with Crippen LogP contribution in [0, 0.1) is 10.5 Å². The number of benzene rings is 2. The van der Waals surface area contributed by atoms with Gasteiger partial charge in [-0.05, 0) is 76.5 Å². The van der Waals surface area contributed by atoms with Crippen molar-refractivity contribution in [3.63, 3.8) is 0 Å². The van der Waals surface area contributed by atoms with Crippen molar-refractivity contribution >= 4 is 45.5 Å². The van der Waals surface area contributed by atoms with Crippen LogP contribution in [0.1, 0.15) is 21.7 Å². The van der Waals surface area contributed by atoms with Crippen molar-refractivity contribution in [3.8, 4) is 11.3 Å². The number of amides is 1. The third kappa shape index (κ3) is 5.12. The van der Waals surface area contributed by atoms with Gasteiger partial charge in [-0.2, -0.15) is 0 Å². The van der Waals surface area contributed by atoms with E-state index in [4.69, 9.17) is 4.98 Å². The molecule has 0 unspecified atom stereocenters. The molecule has 0 atom stereocenters. The van der Waals surface area contributed by atoms with Crippen LogP contribution in [-0.2, 0) is 17.6 Å². The Labute approximate surface area is 193 Å². The van der Waals surface area contributed by atoms with E-state index < -0.39 is 0 Å². The van der Waals surface area contributed by atoms with Crippen molar-refractivity contribution in [3.05, 3.63) is 97.6 Å². The van der Waals surface area contributed by atoms with Gasteiger partial charge in [0.2, 0.25) is 5.91 Å². The zero-order valence-electron chi connectivity index (χ0n) is 16.4. The minimum Gasteiger partial charge on any atom is -0.326 e. The number of nitrogens with one attached hydrogen (secondary N) is 1. The number of thiazole rings is 1. The molecule has 6 heteroatoms. The summed E-state index contributed by atoms with van der Waals surface area (Å²) < 4.78 is 1.10. The van der Waals surface area contributed by atoms with E-state index in [1.165, 1.54) is 5.56 Å². The molecule has 0 aliphatic rings. The fraction of sp³-hybridized carbons (Fsp3) is 0.125. The van der Waals surface area contributed by atoms with Gasteiger partial charge < -0.3 is 5.32 Å². The molecule has 4 aromatic rings. The second kappa shape index (κ2) is 9.49. The normalized spacial score (nSPS) is 10.7. The molecule has 0 aliphatic carbocycles. The van der Waals surface area contributed by atoms with Gasteiger partial charge in [0, 0.05) is 39.0 Å². The Balaban J connectivity index is 1.46. The molecule has 2 aromatic carbocycles. The summed E-state index contributed by atoms with van der Waals surface area (Å²) in [5.41, 5.74) is 6.16. The Morgan fingerprint density at radius 3 is 2.77 bits per heavy atom. The number of anilines is 1. The van der Waals surface area contributed by atoms with Gasteiger partial charge in [0.05, 0.1) is 17.1 Å². The number of carbonyl (C=O) groups excluding carboxylic acids is 1. The molecule has 4 rings (SSSR count). The molecule has 150 valence electrons. The third-order valence-corrected chi connectivity index (χ3v) is 6.69. The molecule has 0 saturated heterocycles. The van der Waals surface area contributed by atoms with E-state index >= 15 is 0 Å². The highest BCUT2D eigenvalue weighted by Gasteiger charge is 2.10. The van der Waals surface area contributed by atoms with Crippen LogP contribution in [0.4, 0.5) is 5.69 Å². The molecule has 0 radical (unpaired) electrons. The monoisotopic (exact) mass is 525 g/mol. The van der Waals surface area contributed by atoms with E-state index in [9.17, 15) is 4.79 Å². The molecule has 0 saturated carbocycles. The lowest BCUT2D eigenvalue weighted by Gasteiger charge is -2.10. The van der Waals surface area contributed by atoms with Crippen LogP contribution in [0.15, 0.2) is 72.4 Å². The summed E-state index contributed by atoms with van der Waals surface area (Å²) in [4.78, 5) is 21.4. The second-order valence-corrected chi connectivity index (χ2v) is 9.11. The van der Waals surface area contributed by atoms with Crippen molar-refractivity contribution in [1.82, 2.24) is 9.97 Å². The number of aromatic nitrogens is 2. The van der Waals surface area contributed by atoms with Gasteiger partial charge in [0.15, 0.2) is 0 Å². The molecule has 0 spiro atoms. The number of halogens is 1. The third-order valence-electron chi connectivity index (χ3n) is 4.79. The van der Waals surface area contributed by atoms with Crippen molar-refractivity contribution in [2.24, 2.45) is 0 Å². The van der Waals surface area contributed by atoms with Gasteiger partial charge in [-0.1, -0.05) is 24.3 Å². The lowest BCUT2D eigenvalue weighted by molar-refractivity contribution is -0.115. The Hall–Kier alpha value is -2.58. The van der Waals surface area contributed by atoms with Crippen LogP contribution < -0.4 is 5.32 Å². The van der Waals surface area contributed by atoms with Crippen molar-refractivity contribution in [2.45, 2.75) is 19.8 Å². The molecular weight excluding hydrogens is 505 g/mol. The number of hydrogen-bond donors (Lipinski definition) is 1. The van der Waals surface area contributed by atoms with E-state index in [0.717, 1.165) is 43.1 Å². The van der Waals surface area contributed by atoms with E-state index in [1.54, 1.807) is 17.5 Å². The summed E-state index contributed by atoms with van der Waals surface area (Å²) >= 11 is 3.91. The summed E-state index contributed by atoms with van der Waals surface area (Å²) in [5.74, 6) is -0.0120. The van der Waals surface area contributed by atoms with Crippen LogP contribution in [0.25, 0.3) is 11.3 Å². The first-order chi connectivity index (χ1) is 14.6. The molecular formula is C24H20IN3OS. The maximum atomic E-state index is 12.5. The number of nitrogens with zero attached hydrogens (tertiary/aromatic N) is 2. The van der Waals surface area contributed by atoms with Gasteiger partial charge in [0.25, 0.3) is 0 Å². The summed E-state index contributed by atoms with van der Waals surface area (Å²) in [5, 5.41) is 6.14. The number of pyridine rings is 1. The van der Waals surface area contributed by atoms with E-state index in [-0.39, 0.29) is 5.91 Å². The van der Waals surface area contributed by atoms with Gasteiger partial charge in [-0.15, -0.1) is 11.3 Å². The Bertz CT molecular complexity index is 1170. The first kappa shape index (κ1) is 20.7. The van der Waals surface area contributed by atoms with Gasteiger partial charge >= 0.3 is 0 Å². The van der Waals surface area contributed by atoms with Gasteiger partial charge in [-0.3, -0.25) is 9.78 Å². The standard InChI is InChI=1S/C24H20IN3OS/c1-16-8-9-20(27-23(29)12-17-5-2-3-7-21(17)25)11-19(16)13-24-28-22(15-30-24)18-6-4-10-26-14-18/h2-11,14-15H,12-13H2,1H3,(H,27,29). The van der Waals surface area contributed by atoms with E-state index in [2.05, 4.69) is 45.2 Å². The van der Waals surface area contributed by atoms with E-state index in [1.807, 2.05) is 60.8 Å². The first-order valence-electron chi connectivity index (χ1n) is 9.56. The number of carbonyl (C=O) groups is 1. The predicted molar refractivity (Wildman–Crippen MR) is 131 cm³/mol. The molecule has 30 heavy (non-hydrogen) atoms. The van der Waals surface area contributed by atoms with Crippen molar-refractivity contribution in [2.75, 3.05) is 5.32 Å². The molecule has 1 N–H and O–H groups in total. The second-order valence-electron chi connectivity index (χ2n) is 7.00. The molecule has 0 bridgehead atoms. The van der Waals surface area contributed by atoms with Gasteiger partial charge in [-0.25, -0.2) is 4.98 Å². The maximum absolute atomic E-state index is 12.5. The Morgan fingerprint density at radius 1 is 1.10 bits per heavy atom. The minimum atomic E-state index is -0.0120. The minimum absolute atomic E-state index is 0.0120. The Kier molecular flexibility index (Phi) is 6.54. The summed E-state index contributed by atoms with van der Waals surface area (Å²) in [6, 6.07) is 17.9. The quantitative estimate of drug-likeness (QED) is 0.320. The van der Waals surface area contributed by atoms with Gasteiger partial charge in [0.1, 0.15) is 0 Å². The topological polar surface area (TPSA) is 54.9 Å². The zero-order chi connectivity index (χ0) is 20.9. The molecule has 2 aromatic heterocycles. The first-order valence-corrected chi connectivity index (χ1v) is 11.5. The highest BCUT2D eigenvalue weighted by molar-refractivity contribution is 14.1. The van der Waals surface area contributed by atoms with Crippen LogP contribution >= 0.6 is 33.9 Å². The fourth-order valence-electron chi connectivity index (χ4n) is 3.16. The predicted octanol–water partition coefficient (Wildman–Crippen LogP) is 5.89. The number of aryl methyl sites for hydroxylation is 1. The largest absolute Gasteiger partial charge is 0.326 e. The summed E-state index contributed by atoms with van der Waals surface area (Å²) in [6.07, 6.45) is 4.69. The zero-order valence-corrected chi connectivity index (χ0v) is 19.4. The average Bonchev–Trinajstić information content (AvgIpc) is 3.21. The smallest absolute Gasteiger partial charge is 0.228 e. The molecule has 4 nitrogen and oxygen atoms in total. The van der Waals surface area contributed by atoms with Crippen LogP contribution in [0.5, 0.6) is 0 Å². The Morgan fingerprint density at radius 2 is 1.97 bits per heavy atom. The lowest BCUT2D eigenvalue weighted by Crippen LogP contribution is -2.15. The van der Waals surface area contributed by atoms with E-state index in [0.29, 0.717) is 6.42 Å². The summed E-state index contributed by atoms with van der Waals surface area (Å²) in [7, 11) is 0. The van der Waals surface area contributed by atoms with Crippen molar-refractivity contribution < 1.29 is 4.79 Å². The molecule has 1 amide bonds. The van der Waals surface area contributed by atoms with Crippen LogP contribution in [0.2, 0.25) is 0 Å². The highest BCUT2D eigenvalue weighted by Crippen LogP contribution is 2.25. The maximum Gasteiger partial charge on any atom is 0.228 e. The SMILES string of the molecule is Cc1ccc(NC(=O)Cc2ccccc2I)cc1Cc1nc(-c2cccnc2)cs1. The lowest BCUT2D eigenvalue weighted by atomic mass is 10.0. The average molecular weight is 525 g/mol. The summed E-state index contributed by atoms with van der Waals surface area (Å²) in [6.45, 7) is 2.09.